The molecule has 1 heterocycles. The van der Waals surface area contributed by atoms with Crippen LogP contribution in [0.15, 0.2) is 27.1 Å². The van der Waals surface area contributed by atoms with Crippen molar-refractivity contribution in [1.29, 1.82) is 0 Å². The van der Waals surface area contributed by atoms with Gasteiger partial charge in [-0.05, 0) is 24.1 Å². The molecule has 1 aromatic heterocycles. The van der Waals surface area contributed by atoms with Crippen LogP contribution in [-0.4, -0.2) is 6.29 Å². The van der Waals surface area contributed by atoms with E-state index in [0.29, 0.717) is 5.76 Å². The minimum Gasteiger partial charge on any atom is -0.453 e. The van der Waals surface area contributed by atoms with Crippen molar-refractivity contribution in [2.24, 2.45) is 0 Å². The van der Waals surface area contributed by atoms with Crippen molar-refractivity contribution in [1.82, 2.24) is 0 Å². The van der Waals surface area contributed by atoms with Crippen LogP contribution in [0.3, 0.4) is 0 Å². The average molecular weight is 267 g/mol. The first kappa shape index (κ1) is 10.4. The second-order valence-corrected chi connectivity index (χ2v) is 4.71. The molecule has 0 bridgehead atoms. The summed E-state index contributed by atoms with van der Waals surface area (Å²) in [4.78, 5) is 10.9. The number of rotatable bonds is 2. The van der Waals surface area contributed by atoms with E-state index < -0.39 is 0 Å². The van der Waals surface area contributed by atoms with E-state index in [1.165, 1.54) is 0 Å². The van der Waals surface area contributed by atoms with E-state index in [1.54, 1.807) is 0 Å². The Labute approximate surface area is 96.4 Å². The highest BCUT2D eigenvalue weighted by molar-refractivity contribution is 9.10. The number of halogens is 1. The van der Waals surface area contributed by atoms with Gasteiger partial charge >= 0.3 is 0 Å². The number of aldehydes is 1. The summed E-state index contributed by atoms with van der Waals surface area (Å²) in [6.07, 6.45) is 0.781. The van der Waals surface area contributed by atoms with Crippen LogP contribution in [0.5, 0.6) is 0 Å². The molecular formula is C12H11BrO2. The van der Waals surface area contributed by atoms with Crippen molar-refractivity contribution in [2.45, 2.75) is 19.8 Å². The van der Waals surface area contributed by atoms with E-state index in [0.717, 1.165) is 27.3 Å². The molecule has 0 spiro atoms. The van der Waals surface area contributed by atoms with Gasteiger partial charge in [-0.2, -0.15) is 0 Å². The van der Waals surface area contributed by atoms with Gasteiger partial charge in [0, 0.05) is 15.4 Å². The topological polar surface area (TPSA) is 30.2 Å². The van der Waals surface area contributed by atoms with Crippen molar-refractivity contribution in [2.75, 3.05) is 0 Å². The Bertz CT molecular complexity index is 512. The molecule has 2 aromatic rings. The van der Waals surface area contributed by atoms with Gasteiger partial charge in [-0.1, -0.05) is 29.8 Å². The minimum atomic E-state index is 0.278. The summed E-state index contributed by atoms with van der Waals surface area (Å²) in [5, 5.41) is 1.02. The molecule has 15 heavy (non-hydrogen) atoms. The first-order valence-corrected chi connectivity index (χ1v) is 5.60. The van der Waals surface area contributed by atoms with Gasteiger partial charge < -0.3 is 4.42 Å². The first-order valence-electron chi connectivity index (χ1n) is 4.80. The average Bonchev–Trinajstić information content (AvgIpc) is 2.55. The summed E-state index contributed by atoms with van der Waals surface area (Å²) in [6.45, 7) is 4.11. The lowest BCUT2D eigenvalue weighted by atomic mass is 10.00. The third-order valence-corrected chi connectivity index (χ3v) is 2.89. The van der Waals surface area contributed by atoms with Gasteiger partial charge in [-0.15, -0.1) is 0 Å². The number of carbonyl (C=O) groups is 1. The van der Waals surface area contributed by atoms with Crippen LogP contribution in [0.25, 0.3) is 11.0 Å². The zero-order valence-electron chi connectivity index (χ0n) is 8.58. The zero-order valence-corrected chi connectivity index (χ0v) is 10.2. The second kappa shape index (κ2) is 3.81. The van der Waals surface area contributed by atoms with Crippen LogP contribution in [-0.2, 0) is 0 Å². The Hall–Kier alpha value is -1.09. The summed E-state index contributed by atoms with van der Waals surface area (Å²) >= 11 is 3.42. The van der Waals surface area contributed by atoms with Crippen molar-refractivity contribution in [3.8, 4) is 0 Å². The van der Waals surface area contributed by atoms with Gasteiger partial charge in [-0.25, -0.2) is 0 Å². The summed E-state index contributed by atoms with van der Waals surface area (Å²) in [5.41, 5.74) is 1.75. The summed E-state index contributed by atoms with van der Waals surface area (Å²) in [7, 11) is 0. The predicted octanol–water partition coefficient (Wildman–Crippen LogP) is 4.13. The Morgan fingerprint density at radius 1 is 1.40 bits per heavy atom. The van der Waals surface area contributed by atoms with Crippen molar-refractivity contribution < 1.29 is 9.21 Å². The molecular weight excluding hydrogens is 256 g/mol. The number of hydrogen-bond donors (Lipinski definition) is 0. The third kappa shape index (κ3) is 1.72. The Kier molecular flexibility index (Phi) is 2.65. The van der Waals surface area contributed by atoms with Crippen LogP contribution < -0.4 is 0 Å². The number of benzene rings is 1. The van der Waals surface area contributed by atoms with Gasteiger partial charge in [0.1, 0.15) is 5.58 Å². The SMILES string of the molecule is CC(C)c1c(C=O)oc2ccc(Br)cc12. The molecule has 0 radical (unpaired) electrons. The van der Waals surface area contributed by atoms with Crippen molar-refractivity contribution in [3.05, 3.63) is 34.0 Å². The minimum absolute atomic E-state index is 0.278. The van der Waals surface area contributed by atoms with Gasteiger partial charge in [0.05, 0.1) is 0 Å². The molecule has 0 unspecified atom stereocenters. The fourth-order valence-corrected chi connectivity index (χ4v) is 2.15. The molecule has 0 saturated carbocycles. The lowest BCUT2D eigenvalue weighted by Gasteiger charge is -2.02. The van der Waals surface area contributed by atoms with Crippen molar-refractivity contribution in [3.63, 3.8) is 0 Å². The number of hydrogen-bond acceptors (Lipinski definition) is 2. The second-order valence-electron chi connectivity index (χ2n) is 3.79. The normalized spacial score (nSPS) is 11.2. The highest BCUT2D eigenvalue weighted by atomic mass is 79.9. The maximum atomic E-state index is 10.9. The summed E-state index contributed by atoms with van der Waals surface area (Å²) in [6, 6.07) is 5.77. The number of furan rings is 1. The van der Waals surface area contributed by atoms with E-state index in [2.05, 4.69) is 29.8 Å². The molecule has 0 N–H and O–H groups in total. The largest absolute Gasteiger partial charge is 0.453 e. The van der Waals surface area contributed by atoms with Crippen molar-refractivity contribution >= 4 is 33.2 Å². The Balaban J connectivity index is 2.82. The molecule has 3 heteroatoms. The highest BCUT2D eigenvalue weighted by Crippen LogP contribution is 2.32. The van der Waals surface area contributed by atoms with Crippen LogP contribution >= 0.6 is 15.9 Å². The maximum Gasteiger partial charge on any atom is 0.185 e. The molecule has 0 aliphatic heterocycles. The molecule has 0 saturated heterocycles. The van der Waals surface area contributed by atoms with Gasteiger partial charge in [-0.3, -0.25) is 4.79 Å². The molecule has 78 valence electrons. The molecule has 1 aromatic carbocycles. The number of carbonyl (C=O) groups excluding carboxylic acids is 1. The van der Waals surface area contributed by atoms with Crippen LogP contribution in [0.4, 0.5) is 0 Å². The Morgan fingerprint density at radius 3 is 2.73 bits per heavy atom. The van der Waals surface area contributed by atoms with Gasteiger partial charge in [0.2, 0.25) is 0 Å². The predicted molar refractivity (Wildman–Crippen MR) is 63.4 cm³/mol. The fourth-order valence-electron chi connectivity index (χ4n) is 1.79. The Morgan fingerprint density at radius 2 is 2.13 bits per heavy atom. The third-order valence-electron chi connectivity index (χ3n) is 2.40. The van der Waals surface area contributed by atoms with Crippen LogP contribution in [0.1, 0.15) is 35.9 Å². The van der Waals surface area contributed by atoms with E-state index >= 15 is 0 Å². The van der Waals surface area contributed by atoms with Gasteiger partial charge in [0.15, 0.2) is 12.0 Å². The highest BCUT2D eigenvalue weighted by Gasteiger charge is 2.16. The molecule has 0 fully saturated rings. The van der Waals surface area contributed by atoms with E-state index in [-0.39, 0.29) is 5.92 Å². The lowest BCUT2D eigenvalue weighted by molar-refractivity contribution is 0.110. The van der Waals surface area contributed by atoms with Crippen LogP contribution in [0.2, 0.25) is 0 Å². The summed E-state index contributed by atoms with van der Waals surface area (Å²) < 4.78 is 6.47. The standard InChI is InChI=1S/C12H11BrO2/c1-7(2)12-9-5-8(13)3-4-10(9)15-11(12)6-14/h3-7H,1-2H3. The molecule has 0 amide bonds. The lowest BCUT2D eigenvalue weighted by Crippen LogP contribution is -1.90. The smallest absolute Gasteiger partial charge is 0.185 e. The molecule has 0 aliphatic rings. The zero-order chi connectivity index (χ0) is 11.0. The van der Waals surface area contributed by atoms with Gasteiger partial charge in [0.25, 0.3) is 0 Å². The van der Waals surface area contributed by atoms with E-state index in [1.807, 2.05) is 18.2 Å². The van der Waals surface area contributed by atoms with Crippen LogP contribution in [0, 0.1) is 0 Å². The molecule has 0 aliphatic carbocycles. The molecule has 0 atom stereocenters. The maximum absolute atomic E-state index is 10.9. The monoisotopic (exact) mass is 266 g/mol. The first-order chi connectivity index (χ1) is 7.13. The van der Waals surface area contributed by atoms with E-state index in [9.17, 15) is 4.79 Å². The summed E-state index contributed by atoms with van der Waals surface area (Å²) in [5.74, 6) is 0.721. The van der Waals surface area contributed by atoms with E-state index in [4.69, 9.17) is 4.42 Å². The molecule has 2 nitrogen and oxygen atoms in total. The quantitative estimate of drug-likeness (QED) is 0.766. The number of fused-ring (bicyclic) bond motifs is 1. The fraction of sp³-hybridized carbons (Fsp3) is 0.250. The molecule has 2 rings (SSSR count).